The Bertz CT molecular complexity index is 740. The Morgan fingerprint density at radius 2 is 2.03 bits per heavy atom. The van der Waals surface area contributed by atoms with Gasteiger partial charge < -0.3 is 9.26 Å². The van der Waals surface area contributed by atoms with E-state index in [1.807, 2.05) is 7.11 Å². The number of methoxy groups -OCH3 is 1. The lowest BCUT2D eigenvalue weighted by Crippen LogP contribution is -2.56. The first kappa shape index (κ1) is 21.1. The topological polar surface area (TPSA) is 35.3 Å². The fraction of sp³-hybridized carbons (Fsp3) is 0.875. The molecule has 4 aliphatic rings. The van der Waals surface area contributed by atoms with Crippen molar-refractivity contribution in [3.05, 3.63) is 11.8 Å². The molecule has 4 aliphatic carbocycles. The van der Waals surface area contributed by atoms with Crippen molar-refractivity contribution < 1.29 is 9.26 Å². The second-order valence-corrected chi connectivity index (χ2v) is 12.9. The summed E-state index contributed by atoms with van der Waals surface area (Å²) in [5.74, 6) is 5.01. The van der Waals surface area contributed by atoms with Gasteiger partial charge in [-0.3, -0.25) is 0 Å². The van der Waals surface area contributed by atoms with E-state index in [0.29, 0.717) is 16.7 Å². The molecule has 0 radical (unpaired) electrons. The molecule has 0 N–H and O–H groups in total. The van der Waals surface area contributed by atoms with Crippen LogP contribution in [0, 0.1) is 40.4 Å². The summed E-state index contributed by atoms with van der Waals surface area (Å²) >= 11 is 2.29. The van der Waals surface area contributed by atoms with Crippen LogP contribution < -0.4 is 0 Å². The van der Waals surface area contributed by atoms with Crippen molar-refractivity contribution in [3.8, 4) is 0 Å². The average molecular weight is 530 g/mol. The van der Waals surface area contributed by atoms with E-state index in [1.54, 1.807) is 8.93 Å². The normalized spacial score (nSPS) is 46.8. The number of ether oxygens (including phenoxy) is 1. The second-order valence-electron chi connectivity index (χ2n) is 11.0. The van der Waals surface area contributed by atoms with E-state index in [-0.39, 0.29) is 0 Å². The lowest BCUT2D eigenvalue weighted by molar-refractivity contribution is -0.147. The molecule has 8 unspecified atom stereocenters. The molecule has 0 saturated heterocycles. The lowest BCUT2D eigenvalue weighted by Gasteiger charge is -2.62. The zero-order chi connectivity index (χ0) is 20.2. The molecule has 8 atom stereocenters. The number of hydrogen-bond acceptors (Lipinski definition) is 4. The van der Waals surface area contributed by atoms with Gasteiger partial charge >= 0.3 is 0 Å². The highest BCUT2D eigenvalue weighted by Crippen LogP contribution is 2.69. The second kappa shape index (κ2) is 7.99. The van der Waals surface area contributed by atoms with Crippen LogP contribution in [0.4, 0.5) is 0 Å². The Labute approximate surface area is 192 Å². The van der Waals surface area contributed by atoms with Crippen molar-refractivity contribution >= 4 is 30.1 Å². The van der Waals surface area contributed by atoms with Crippen LogP contribution in [-0.2, 0) is 4.74 Å². The van der Waals surface area contributed by atoms with Crippen LogP contribution in [0.2, 0.25) is 0 Å². The minimum atomic E-state index is 0.397. The first-order chi connectivity index (χ1) is 14.0. The largest absolute Gasteiger partial charge is 0.384 e. The van der Waals surface area contributed by atoms with Gasteiger partial charge in [0.2, 0.25) is 5.09 Å². The van der Waals surface area contributed by atoms with Crippen molar-refractivity contribution in [3.63, 3.8) is 0 Å². The molecule has 0 aromatic carbocycles. The molecule has 4 saturated carbocycles. The maximum Gasteiger partial charge on any atom is 0.203 e. The number of aromatic nitrogens is 1. The molecule has 0 aliphatic heterocycles. The third kappa shape index (κ3) is 3.26. The predicted molar refractivity (Wildman–Crippen MR) is 126 cm³/mol. The van der Waals surface area contributed by atoms with Gasteiger partial charge in [0.15, 0.2) is 0 Å². The highest BCUT2D eigenvalue weighted by molar-refractivity contribution is 14.2. The molecule has 1 heterocycles. The third-order valence-corrected chi connectivity index (χ3v) is 11.6. The number of hydrogen-bond donors (Lipinski definition) is 0. The number of halogens is 1. The fourth-order valence-corrected chi connectivity index (χ4v) is 9.63. The van der Waals surface area contributed by atoms with Gasteiger partial charge in [-0.1, -0.05) is 25.4 Å². The first-order valence-electron chi connectivity index (χ1n) is 11.8. The summed E-state index contributed by atoms with van der Waals surface area (Å²) < 4.78 is 11.5. The van der Waals surface area contributed by atoms with E-state index >= 15 is 0 Å². The molecule has 29 heavy (non-hydrogen) atoms. The molecule has 1 aromatic heterocycles. The summed E-state index contributed by atoms with van der Waals surface area (Å²) in [5, 5.41) is 5.46. The molecule has 1 aromatic rings. The summed E-state index contributed by atoms with van der Waals surface area (Å²) in [6, 6.07) is 2.22. The highest BCUT2D eigenvalue weighted by Gasteiger charge is 2.61. The van der Waals surface area contributed by atoms with Gasteiger partial charge in [0.1, 0.15) is 0 Å². The van der Waals surface area contributed by atoms with Crippen LogP contribution >= 0.6 is 30.1 Å². The summed E-state index contributed by atoms with van der Waals surface area (Å²) in [6.07, 6.45) is 12.6. The van der Waals surface area contributed by atoms with Gasteiger partial charge in [-0.2, -0.15) is 0 Å². The molecule has 162 valence electrons. The van der Waals surface area contributed by atoms with Crippen LogP contribution in [0.1, 0.15) is 83.2 Å². The third-order valence-electron chi connectivity index (χ3n) is 9.98. The number of nitrogens with zero attached hydrogens (tertiary/aromatic N) is 1. The molecule has 4 fully saturated rings. The SMILES string of the molecule is COCC12CCC(C)CC1CCC1C3CCC(c4cc(SI)on4)C3(C)CCC12. The molecular weight excluding hydrogens is 493 g/mol. The van der Waals surface area contributed by atoms with Gasteiger partial charge in [-0.25, -0.2) is 0 Å². The zero-order valence-corrected chi connectivity index (χ0v) is 21.1. The van der Waals surface area contributed by atoms with E-state index in [9.17, 15) is 0 Å². The van der Waals surface area contributed by atoms with Gasteiger partial charge in [-0.05, 0) is 101 Å². The molecule has 0 amide bonds. The molecule has 0 bridgehead atoms. The van der Waals surface area contributed by atoms with Crippen LogP contribution in [0.15, 0.2) is 15.7 Å². The molecule has 5 heteroatoms. The summed E-state index contributed by atoms with van der Waals surface area (Å²) in [5.41, 5.74) is 2.08. The summed E-state index contributed by atoms with van der Waals surface area (Å²) in [4.78, 5) is 0. The van der Waals surface area contributed by atoms with E-state index in [4.69, 9.17) is 9.26 Å². The Morgan fingerprint density at radius 1 is 1.17 bits per heavy atom. The fourth-order valence-electron chi connectivity index (χ4n) is 8.77. The van der Waals surface area contributed by atoms with Crippen LogP contribution in [0.5, 0.6) is 0 Å². The van der Waals surface area contributed by atoms with E-state index < -0.39 is 0 Å². The predicted octanol–water partition coefficient (Wildman–Crippen LogP) is 7.51. The molecular formula is C24H36INO2S. The zero-order valence-electron chi connectivity index (χ0n) is 18.2. The van der Waals surface area contributed by atoms with E-state index in [2.05, 4.69) is 46.3 Å². The van der Waals surface area contributed by atoms with Crippen molar-refractivity contribution in [2.24, 2.45) is 40.4 Å². The van der Waals surface area contributed by atoms with E-state index in [1.165, 1.54) is 63.5 Å². The van der Waals surface area contributed by atoms with Gasteiger partial charge in [0.05, 0.1) is 12.3 Å². The first-order valence-corrected chi connectivity index (χ1v) is 15.1. The average Bonchev–Trinajstić information content (AvgIpc) is 3.32. The van der Waals surface area contributed by atoms with Gasteiger partial charge in [0, 0.05) is 40.3 Å². The monoisotopic (exact) mass is 529 g/mol. The van der Waals surface area contributed by atoms with Crippen LogP contribution in [0.3, 0.4) is 0 Å². The Balaban J connectivity index is 1.43. The number of fused-ring (bicyclic) bond motifs is 5. The molecule has 5 rings (SSSR count). The van der Waals surface area contributed by atoms with E-state index in [0.717, 1.165) is 41.3 Å². The minimum absolute atomic E-state index is 0.397. The number of rotatable bonds is 4. The lowest BCUT2D eigenvalue weighted by atomic mass is 9.44. The highest BCUT2D eigenvalue weighted by atomic mass is 127. The summed E-state index contributed by atoms with van der Waals surface area (Å²) in [6.45, 7) is 6.07. The molecule has 3 nitrogen and oxygen atoms in total. The van der Waals surface area contributed by atoms with Crippen molar-refractivity contribution in [1.82, 2.24) is 5.16 Å². The smallest absolute Gasteiger partial charge is 0.203 e. The van der Waals surface area contributed by atoms with Crippen molar-refractivity contribution in [2.75, 3.05) is 13.7 Å². The van der Waals surface area contributed by atoms with Crippen molar-refractivity contribution in [2.45, 2.75) is 82.6 Å². The Morgan fingerprint density at radius 3 is 2.79 bits per heavy atom. The van der Waals surface area contributed by atoms with Gasteiger partial charge in [-0.15, -0.1) is 0 Å². The molecule has 0 spiro atoms. The minimum Gasteiger partial charge on any atom is -0.384 e. The maximum absolute atomic E-state index is 5.94. The standard InChI is InChI=1S/C24H36INO2S/c1-15-8-11-24(14-27-3)16(12-15)4-5-17-18-6-7-20(21-13-22(29-25)28-26-21)23(18,2)10-9-19(17)24/h13,15-20H,4-12,14H2,1-3H3. The Kier molecular flexibility index (Phi) is 5.81. The quantitative estimate of drug-likeness (QED) is 0.378. The Hall–Kier alpha value is 0.250. The van der Waals surface area contributed by atoms with Crippen LogP contribution in [0.25, 0.3) is 0 Å². The maximum atomic E-state index is 5.94. The van der Waals surface area contributed by atoms with Gasteiger partial charge in [0.25, 0.3) is 0 Å². The van der Waals surface area contributed by atoms with Crippen molar-refractivity contribution in [1.29, 1.82) is 0 Å². The van der Waals surface area contributed by atoms with Crippen LogP contribution in [-0.4, -0.2) is 18.9 Å². The summed E-state index contributed by atoms with van der Waals surface area (Å²) in [7, 11) is 3.58.